The van der Waals surface area contributed by atoms with Gasteiger partial charge in [0.15, 0.2) is 0 Å². The first kappa shape index (κ1) is 15.7. The van der Waals surface area contributed by atoms with Crippen LogP contribution in [0.3, 0.4) is 0 Å². The molecule has 3 nitrogen and oxygen atoms in total. The molecule has 110 valence electrons. The minimum atomic E-state index is -0.223. The van der Waals surface area contributed by atoms with Crippen molar-refractivity contribution in [3.05, 3.63) is 58.6 Å². The molecular formula is C16H16ClNO2S. The van der Waals surface area contributed by atoms with Crippen LogP contribution in [0.1, 0.15) is 28.9 Å². The Bertz CT molecular complexity index is 643. The molecule has 0 aliphatic heterocycles. The van der Waals surface area contributed by atoms with Crippen LogP contribution in [0.4, 0.5) is 0 Å². The van der Waals surface area contributed by atoms with Crippen LogP contribution in [0.2, 0.25) is 5.02 Å². The van der Waals surface area contributed by atoms with Gasteiger partial charge in [-0.1, -0.05) is 23.7 Å². The molecule has 1 amide bonds. The van der Waals surface area contributed by atoms with Gasteiger partial charge in [0.05, 0.1) is 23.7 Å². The van der Waals surface area contributed by atoms with Crippen molar-refractivity contribution in [1.82, 2.24) is 5.32 Å². The summed E-state index contributed by atoms with van der Waals surface area (Å²) in [4.78, 5) is 13.0. The second kappa shape index (κ2) is 6.87. The van der Waals surface area contributed by atoms with E-state index >= 15 is 0 Å². The molecule has 2 aromatic rings. The Morgan fingerprint density at radius 2 is 1.90 bits per heavy atom. The molecule has 0 heterocycles. The highest BCUT2D eigenvalue weighted by Gasteiger charge is 2.14. The highest BCUT2D eigenvalue weighted by atomic mass is 35.5. The molecule has 0 spiro atoms. The van der Waals surface area contributed by atoms with E-state index in [-0.39, 0.29) is 11.9 Å². The number of halogens is 1. The Labute approximate surface area is 134 Å². The number of amides is 1. The summed E-state index contributed by atoms with van der Waals surface area (Å²) in [6.07, 6.45) is 0. The lowest BCUT2D eigenvalue weighted by Crippen LogP contribution is -2.26. The van der Waals surface area contributed by atoms with Crippen molar-refractivity contribution >= 4 is 30.1 Å². The largest absolute Gasteiger partial charge is 0.497 e. The number of rotatable bonds is 4. The van der Waals surface area contributed by atoms with Crippen LogP contribution < -0.4 is 10.1 Å². The lowest BCUT2D eigenvalue weighted by Gasteiger charge is -2.15. The molecule has 0 fully saturated rings. The number of carbonyl (C=O) groups is 1. The Hall–Kier alpha value is -1.65. The van der Waals surface area contributed by atoms with E-state index in [1.807, 2.05) is 31.2 Å². The smallest absolute Gasteiger partial charge is 0.253 e. The van der Waals surface area contributed by atoms with Gasteiger partial charge in [0.25, 0.3) is 5.91 Å². The molecule has 0 bridgehead atoms. The van der Waals surface area contributed by atoms with E-state index in [2.05, 4.69) is 17.9 Å². The van der Waals surface area contributed by atoms with Crippen LogP contribution in [0.25, 0.3) is 0 Å². The van der Waals surface area contributed by atoms with Crippen LogP contribution in [0.5, 0.6) is 5.75 Å². The number of benzene rings is 2. The van der Waals surface area contributed by atoms with Gasteiger partial charge in [0.1, 0.15) is 5.75 Å². The van der Waals surface area contributed by atoms with Gasteiger partial charge in [-0.2, -0.15) is 0 Å². The molecule has 5 heteroatoms. The molecule has 2 rings (SSSR count). The Kier molecular flexibility index (Phi) is 5.15. The van der Waals surface area contributed by atoms with Gasteiger partial charge in [-0.15, -0.1) is 12.6 Å². The molecule has 0 aliphatic rings. The molecule has 0 saturated heterocycles. The minimum absolute atomic E-state index is 0.136. The van der Waals surface area contributed by atoms with Crippen LogP contribution in [-0.4, -0.2) is 13.0 Å². The molecule has 2 aromatic carbocycles. The van der Waals surface area contributed by atoms with Crippen molar-refractivity contribution in [1.29, 1.82) is 0 Å². The molecular weight excluding hydrogens is 306 g/mol. The summed E-state index contributed by atoms with van der Waals surface area (Å²) in [5, 5.41) is 3.33. The van der Waals surface area contributed by atoms with Crippen molar-refractivity contribution in [3.8, 4) is 5.75 Å². The average molecular weight is 322 g/mol. The number of methoxy groups -OCH3 is 1. The molecule has 1 N–H and O–H groups in total. The van der Waals surface area contributed by atoms with Crippen LogP contribution in [0, 0.1) is 0 Å². The van der Waals surface area contributed by atoms with Crippen molar-refractivity contribution in [3.63, 3.8) is 0 Å². The third-order valence-corrected chi connectivity index (χ3v) is 3.77. The summed E-state index contributed by atoms with van der Waals surface area (Å²) in [6, 6.07) is 12.5. The van der Waals surface area contributed by atoms with E-state index in [9.17, 15) is 4.79 Å². The van der Waals surface area contributed by atoms with E-state index in [0.717, 1.165) is 11.3 Å². The highest BCUT2D eigenvalue weighted by molar-refractivity contribution is 7.80. The molecule has 0 aliphatic carbocycles. The third-order valence-electron chi connectivity index (χ3n) is 3.16. The SMILES string of the molecule is COc1ccc(C(C)NC(=O)c2cc(S)ccc2Cl)cc1. The monoisotopic (exact) mass is 321 g/mol. The van der Waals surface area contributed by atoms with Gasteiger partial charge in [-0.25, -0.2) is 0 Å². The fourth-order valence-electron chi connectivity index (χ4n) is 1.94. The van der Waals surface area contributed by atoms with E-state index in [4.69, 9.17) is 16.3 Å². The molecule has 0 radical (unpaired) electrons. The van der Waals surface area contributed by atoms with Crippen LogP contribution in [0.15, 0.2) is 47.4 Å². The summed E-state index contributed by atoms with van der Waals surface area (Å²) >= 11 is 10.3. The lowest BCUT2D eigenvalue weighted by atomic mass is 10.1. The first-order valence-electron chi connectivity index (χ1n) is 6.44. The number of ether oxygens (including phenoxy) is 1. The molecule has 1 unspecified atom stereocenters. The number of hydrogen-bond acceptors (Lipinski definition) is 3. The van der Waals surface area contributed by atoms with Crippen molar-refractivity contribution in [2.24, 2.45) is 0 Å². The predicted molar refractivity (Wildman–Crippen MR) is 87.6 cm³/mol. The van der Waals surface area contributed by atoms with Gasteiger partial charge >= 0.3 is 0 Å². The first-order chi connectivity index (χ1) is 10.0. The first-order valence-corrected chi connectivity index (χ1v) is 7.27. The second-order valence-electron chi connectivity index (χ2n) is 4.63. The zero-order chi connectivity index (χ0) is 15.4. The van der Waals surface area contributed by atoms with Crippen LogP contribution >= 0.6 is 24.2 Å². The maximum absolute atomic E-state index is 12.3. The highest BCUT2D eigenvalue weighted by Crippen LogP contribution is 2.22. The predicted octanol–water partition coefficient (Wildman–Crippen LogP) is 4.13. The van der Waals surface area contributed by atoms with Gasteiger partial charge in [0, 0.05) is 4.90 Å². The van der Waals surface area contributed by atoms with Gasteiger partial charge in [0.2, 0.25) is 0 Å². The summed E-state index contributed by atoms with van der Waals surface area (Å²) in [7, 11) is 1.62. The topological polar surface area (TPSA) is 38.3 Å². The maximum atomic E-state index is 12.3. The van der Waals surface area contributed by atoms with Crippen molar-refractivity contribution in [2.45, 2.75) is 17.9 Å². The summed E-state index contributed by atoms with van der Waals surface area (Å²) in [5.41, 5.74) is 1.41. The van der Waals surface area contributed by atoms with Crippen molar-refractivity contribution in [2.75, 3.05) is 7.11 Å². The number of thiol groups is 1. The number of hydrogen-bond donors (Lipinski definition) is 2. The van der Waals surface area contributed by atoms with E-state index < -0.39 is 0 Å². The number of carbonyl (C=O) groups excluding carboxylic acids is 1. The summed E-state index contributed by atoms with van der Waals surface area (Å²) in [6.45, 7) is 1.91. The average Bonchev–Trinajstić information content (AvgIpc) is 2.49. The Morgan fingerprint density at radius 1 is 1.24 bits per heavy atom. The Balaban J connectivity index is 2.12. The summed E-state index contributed by atoms with van der Waals surface area (Å²) < 4.78 is 5.11. The molecule has 21 heavy (non-hydrogen) atoms. The van der Waals surface area contributed by atoms with Crippen LogP contribution in [-0.2, 0) is 0 Å². The minimum Gasteiger partial charge on any atom is -0.497 e. The fraction of sp³-hybridized carbons (Fsp3) is 0.188. The summed E-state index contributed by atoms with van der Waals surface area (Å²) in [5.74, 6) is 0.558. The van der Waals surface area contributed by atoms with E-state index in [1.165, 1.54) is 0 Å². The zero-order valence-corrected chi connectivity index (χ0v) is 13.4. The van der Waals surface area contributed by atoms with E-state index in [1.54, 1.807) is 25.3 Å². The second-order valence-corrected chi connectivity index (χ2v) is 5.56. The normalized spacial score (nSPS) is 11.8. The standard InChI is InChI=1S/C16H16ClNO2S/c1-10(11-3-5-12(20-2)6-4-11)18-16(19)14-9-13(21)7-8-15(14)17/h3-10,21H,1-2H3,(H,18,19). The Morgan fingerprint density at radius 3 is 2.52 bits per heavy atom. The zero-order valence-electron chi connectivity index (χ0n) is 11.8. The molecule has 0 aromatic heterocycles. The van der Waals surface area contributed by atoms with E-state index in [0.29, 0.717) is 15.5 Å². The molecule has 0 saturated carbocycles. The fourth-order valence-corrected chi connectivity index (χ4v) is 2.34. The third kappa shape index (κ3) is 3.93. The maximum Gasteiger partial charge on any atom is 0.253 e. The van der Waals surface area contributed by atoms with Gasteiger partial charge in [-0.05, 0) is 42.8 Å². The lowest BCUT2D eigenvalue weighted by molar-refractivity contribution is 0.0940. The van der Waals surface area contributed by atoms with Crippen molar-refractivity contribution < 1.29 is 9.53 Å². The number of nitrogens with one attached hydrogen (secondary N) is 1. The quantitative estimate of drug-likeness (QED) is 0.831. The van der Waals surface area contributed by atoms with Gasteiger partial charge < -0.3 is 10.1 Å². The molecule has 1 atom stereocenters. The van der Waals surface area contributed by atoms with Gasteiger partial charge in [-0.3, -0.25) is 4.79 Å².